The van der Waals surface area contributed by atoms with E-state index in [1.165, 1.54) is 133 Å². The molecule has 1 aromatic heterocycles. The van der Waals surface area contributed by atoms with E-state index in [0.717, 1.165) is 28.4 Å². The second-order valence-corrected chi connectivity index (χ2v) is 29.3. The highest BCUT2D eigenvalue weighted by molar-refractivity contribution is 7.00. The number of rotatable bonds is 7. The fraction of sp³-hybridized carbons (Fsp3) is 0.214. The second kappa shape index (κ2) is 20.1. The number of hydrogen-bond donors (Lipinski definition) is 0. The summed E-state index contributed by atoms with van der Waals surface area (Å²) < 4.78 is 2.43. The lowest BCUT2D eigenvalue weighted by Crippen LogP contribution is -2.61. The van der Waals surface area contributed by atoms with Crippen LogP contribution in [0.2, 0.25) is 0 Å². The SMILES string of the molecule is Cc1cc2c3c(c1)N(c1c(C)cc(-c4ccc5c(c4)C(C)(C)c4ccccc4-5)cc1C)c1cc(C(C)(C)C)ccc1B3c1ccc(N(c3ccc(C(C)(C)C)cc3)c3ccc4c5ccccc5n(-c5ccccc5)c4c3)cc1N2c1ccc(C(C)(C)C)cc1. The lowest BCUT2D eigenvalue weighted by atomic mass is 9.33. The molecule has 0 saturated carbocycles. The summed E-state index contributed by atoms with van der Waals surface area (Å²) in [6.45, 7) is 32.5. The summed E-state index contributed by atoms with van der Waals surface area (Å²) in [5.74, 6) is 0. The summed E-state index contributed by atoms with van der Waals surface area (Å²) >= 11 is 0. The van der Waals surface area contributed by atoms with Crippen LogP contribution in [0.1, 0.15) is 121 Å². The monoisotopic (exact) mass is 1150 g/mol. The van der Waals surface area contributed by atoms with Gasteiger partial charge in [0.1, 0.15) is 0 Å². The number of para-hydroxylation sites is 2. The summed E-state index contributed by atoms with van der Waals surface area (Å²) in [5.41, 5.74) is 33.3. The molecule has 5 heteroatoms. The minimum absolute atomic E-state index is 0.00733. The van der Waals surface area contributed by atoms with Crippen molar-refractivity contribution < 1.29 is 0 Å². The Morgan fingerprint density at radius 2 is 0.921 bits per heavy atom. The molecule has 0 radical (unpaired) electrons. The first-order valence-corrected chi connectivity index (χ1v) is 32.0. The fourth-order valence-electron chi connectivity index (χ4n) is 15.2. The van der Waals surface area contributed by atoms with Gasteiger partial charge in [-0.1, -0.05) is 197 Å². The maximum atomic E-state index is 2.65. The third kappa shape index (κ3) is 9.00. The third-order valence-electron chi connectivity index (χ3n) is 19.9. The summed E-state index contributed by atoms with van der Waals surface area (Å²) in [4.78, 5) is 7.73. The number of benzene rings is 11. The Morgan fingerprint density at radius 1 is 0.382 bits per heavy atom. The van der Waals surface area contributed by atoms with Gasteiger partial charge >= 0.3 is 0 Å². The highest BCUT2D eigenvalue weighted by Gasteiger charge is 2.45. The molecular weight excluding hydrogens is 1080 g/mol. The molecule has 2 aliphatic heterocycles. The molecule has 0 bridgehead atoms. The van der Waals surface area contributed by atoms with Crippen LogP contribution in [0.15, 0.2) is 224 Å². The van der Waals surface area contributed by atoms with E-state index >= 15 is 0 Å². The Bertz CT molecular complexity index is 4820. The smallest absolute Gasteiger partial charge is 0.252 e. The van der Waals surface area contributed by atoms with Gasteiger partial charge in [0.05, 0.1) is 16.7 Å². The van der Waals surface area contributed by atoms with E-state index in [4.69, 9.17) is 0 Å². The molecule has 0 N–H and O–H groups in total. The van der Waals surface area contributed by atoms with E-state index in [0.29, 0.717) is 0 Å². The average molecular weight is 1160 g/mol. The van der Waals surface area contributed by atoms with Crippen LogP contribution in [0.5, 0.6) is 0 Å². The van der Waals surface area contributed by atoms with Gasteiger partial charge in [0.2, 0.25) is 0 Å². The van der Waals surface area contributed by atoms with Gasteiger partial charge < -0.3 is 19.3 Å². The molecule has 0 fully saturated rings. The number of anilines is 9. The number of fused-ring (bicyclic) bond motifs is 10. The Balaban J connectivity index is 0.950. The van der Waals surface area contributed by atoms with Gasteiger partial charge in [-0.2, -0.15) is 0 Å². The van der Waals surface area contributed by atoms with Gasteiger partial charge in [-0.05, 0) is 223 Å². The molecule has 4 nitrogen and oxygen atoms in total. The highest BCUT2D eigenvalue weighted by Crippen LogP contribution is 2.52. The number of hydrogen-bond acceptors (Lipinski definition) is 3. The molecule has 0 atom stereocenters. The number of aryl methyl sites for hydroxylation is 3. The van der Waals surface area contributed by atoms with Crippen LogP contribution >= 0.6 is 0 Å². The molecule has 1 aliphatic carbocycles. The number of nitrogens with zero attached hydrogens (tertiary/aromatic N) is 4. The summed E-state index contributed by atoms with van der Waals surface area (Å²) in [6, 6.07) is 86.2. The van der Waals surface area contributed by atoms with E-state index < -0.39 is 0 Å². The lowest BCUT2D eigenvalue weighted by molar-refractivity contribution is 0.590. The topological polar surface area (TPSA) is 14.7 Å². The molecule has 0 unspecified atom stereocenters. The lowest BCUT2D eigenvalue weighted by Gasteiger charge is -2.45. The minimum atomic E-state index is -0.0872. The maximum Gasteiger partial charge on any atom is 0.252 e. The van der Waals surface area contributed by atoms with Crippen LogP contribution in [0.4, 0.5) is 51.2 Å². The van der Waals surface area contributed by atoms with Crippen molar-refractivity contribution in [2.24, 2.45) is 0 Å². The van der Waals surface area contributed by atoms with Crippen LogP contribution in [0, 0.1) is 20.8 Å². The zero-order valence-electron chi connectivity index (χ0n) is 54.2. The van der Waals surface area contributed by atoms with Gasteiger partial charge in [-0.25, -0.2) is 0 Å². The second-order valence-electron chi connectivity index (χ2n) is 29.3. The molecule has 89 heavy (non-hydrogen) atoms. The van der Waals surface area contributed by atoms with Crippen LogP contribution in [-0.2, 0) is 21.7 Å². The molecular formula is C84H79BN4. The summed E-state index contributed by atoms with van der Waals surface area (Å²) in [7, 11) is 0. The quantitative estimate of drug-likeness (QED) is 0.148. The Kier molecular flexibility index (Phi) is 12.7. The average Bonchev–Trinajstić information content (AvgIpc) is 1.60. The van der Waals surface area contributed by atoms with Gasteiger partial charge in [0, 0.05) is 67.4 Å². The van der Waals surface area contributed by atoms with E-state index in [1.807, 2.05) is 0 Å². The predicted octanol–water partition coefficient (Wildman–Crippen LogP) is 21.1. The zero-order valence-corrected chi connectivity index (χ0v) is 54.2. The van der Waals surface area contributed by atoms with Crippen LogP contribution in [0.25, 0.3) is 49.7 Å². The molecule has 15 rings (SSSR count). The molecule has 0 saturated heterocycles. The Hall–Kier alpha value is -9.32. The van der Waals surface area contributed by atoms with E-state index in [-0.39, 0.29) is 28.4 Å². The van der Waals surface area contributed by atoms with Gasteiger partial charge in [0.25, 0.3) is 6.71 Å². The largest absolute Gasteiger partial charge is 0.311 e. The fourth-order valence-corrected chi connectivity index (χ4v) is 15.2. The molecule has 3 aliphatic rings. The van der Waals surface area contributed by atoms with Crippen molar-refractivity contribution in [2.75, 3.05) is 14.7 Å². The number of aromatic nitrogens is 1. The van der Waals surface area contributed by atoms with Crippen molar-refractivity contribution in [1.82, 2.24) is 4.57 Å². The van der Waals surface area contributed by atoms with E-state index in [2.05, 4.69) is 341 Å². The predicted molar refractivity (Wildman–Crippen MR) is 383 cm³/mol. The minimum Gasteiger partial charge on any atom is -0.311 e. The van der Waals surface area contributed by atoms with Crippen molar-refractivity contribution in [1.29, 1.82) is 0 Å². The van der Waals surface area contributed by atoms with Crippen molar-refractivity contribution in [2.45, 2.75) is 119 Å². The van der Waals surface area contributed by atoms with Crippen molar-refractivity contribution in [3.05, 3.63) is 269 Å². The van der Waals surface area contributed by atoms with Gasteiger partial charge in [-0.3, -0.25) is 0 Å². The Labute approximate surface area is 527 Å². The molecule has 12 aromatic rings. The molecule has 0 spiro atoms. The first-order valence-electron chi connectivity index (χ1n) is 32.0. The molecule has 3 heterocycles. The molecule has 11 aromatic carbocycles. The van der Waals surface area contributed by atoms with Crippen molar-refractivity contribution in [3.63, 3.8) is 0 Å². The van der Waals surface area contributed by atoms with Crippen molar-refractivity contribution in [3.8, 4) is 27.9 Å². The maximum absolute atomic E-state index is 2.65. The highest BCUT2D eigenvalue weighted by atomic mass is 15.2. The Morgan fingerprint density at radius 3 is 1.61 bits per heavy atom. The molecule has 0 amide bonds. The first kappa shape index (κ1) is 56.2. The summed E-state index contributed by atoms with van der Waals surface area (Å²) in [5, 5.41) is 2.47. The first-order chi connectivity index (χ1) is 42.5. The summed E-state index contributed by atoms with van der Waals surface area (Å²) in [6.07, 6.45) is 0. The third-order valence-corrected chi connectivity index (χ3v) is 19.9. The standard InChI is InChI=1S/C84H79BN4/c1-52-44-77-79-78(45-52)89(80-53(2)46-56(47-54(80)3)55-28-40-66-65-24-18-20-26-69(65)84(13,14)70(66)48-55)75-49-59(83(10,11)12)33-42-71(75)85(79)72-43-39-64(51-76(72)88(77)62-36-31-58(32-37-62)82(7,8)9)86(61-34-29-57(30-35-61)81(4,5)6)63-38-41-68-67-25-19-21-27-73(67)87(74(68)50-63)60-22-16-15-17-23-60/h15-51H,1-14H3. The van der Waals surface area contributed by atoms with Gasteiger partial charge in [0.15, 0.2) is 0 Å². The van der Waals surface area contributed by atoms with Crippen LogP contribution in [-0.4, -0.2) is 11.3 Å². The van der Waals surface area contributed by atoms with Crippen molar-refractivity contribution >= 4 is 96.1 Å². The van der Waals surface area contributed by atoms with E-state index in [1.54, 1.807) is 0 Å². The van der Waals surface area contributed by atoms with E-state index in [9.17, 15) is 0 Å². The van der Waals surface area contributed by atoms with Crippen LogP contribution < -0.4 is 31.1 Å². The normalized spacial score (nSPS) is 14.0. The molecule has 438 valence electrons. The van der Waals surface area contributed by atoms with Gasteiger partial charge in [-0.15, -0.1) is 0 Å². The van der Waals surface area contributed by atoms with Crippen LogP contribution in [0.3, 0.4) is 0 Å². The zero-order chi connectivity index (χ0) is 61.8.